The SMILES string of the molecule is CC(C)Oc1ccccc1NC(=O)CC1COc2ccccc21. The van der Waals surface area contributed by atoms with Crippen LogP contribution in [0.2, 0.25) is 0 Å². The molecule has 2 aromatic carbocycles. The zero-order valence-electron chi connectivity index (χ0n) is 13.4. The molecule has 0 saturated carbocycles. The van der Waals surface area contributed by atoms with Gasteiger partial charge < -0.3 is 14.8 Å². The number of anilines is 1. The Labute approximate surface area is 136 Å². The average molecular weight is 311 g/mol. The summed E-state index contributed by atoms with van der Waals surface area (Å²) in [5.74, 6) is 1.65. The van der Waals surface area contributed by atoms with E-state index in [0.717, 1.165) is 11.3 Å². The zero-order valence-corrected chi connectivity index (χ0v) is 13.4. The van der Waals surface area contributed by atoms with Gasteiger partial charge in [0, 0.05) is 17.9 Å². The first kappa shape index (κ1) is 15.4. The summed E-state index contributed by atoms with van der Waals surface area (Å²) >= 11 is 0. The topological polar surface area (TPSA) is 47.6 Å². The van der Waals surface area contributed by atoms with E-state index in [1.807, 2.05) is 62.4 Å². The van der Waals surface area contributed by atoms with Crippen LogP contribution < -0.4 is 14.8 Å². The number of hydrogen-bond donors (Lipinski definition) is 1. The van der Waals surface area contributed by atoms with Gasteiger partial charge in [-0.15, -0.1) is 0 Å². The third-order valence-corrected chi connectivity index (χ3v) is 3.75. The second-order valence-electron chi connectivity index (χ2n) is 5.96. The summed E-state index contributed by atoms with van der Waals surface area (Å²) < 4.78 is 11.4. The molecule has 0 saturated heterocycles. The first-order valence-electron chi connectivity index (χ1n) is 7.90. The van der Waals surface area contributed by atoms with Gasteiger partial charge in [0.15, 0.2) is 0 Å². The smallest absolute Gasteiger partial charge is 0.225 e. The highest BCUT2D eigenvalue weighted by atomic mass is 16.5. The van der Waals surface area contributed by atoms with Crippen molar-refractivity contribution < 1.29 is 14.3 Å². The van der Waals surface area contributed by atoms with E-state index in [1.54, 1.807) is 0 Å². The van der Waals surface area contributed by atoms with Crippen molar-refractivity contribution in [3.8, 4) is 11.5 Å². The van der Waals surface area contributed by atoms with Crippen molar-refractivity contribution >= 4 is 11.6 Å². The van der Waals surface area contributed by atoms with E-state index in [9.17, 15) is 4.79 Å². The number of carbonyl (C=O) groups is 1. The maximum Gasteiger partial charge on any atom is 0.225 e. The molecule has 2 aromatic rings. The molecule has 0 aromatic heterocycles. The Bertz CT molecular complexity index is 697. The number of amides is 1. The van der Waals surface area contributed by atoms with Gasteiger partial charge in [-0.25, -0.2) is 0 Å². The molecule has 1 aliphatic heterocycles. The molecule has 0 fully saturated rings. The summed E-state index contributed by atoms with van der Waals surface area (Å²) in [5, 5.41) is 2.95. The highest BCUT2D eigenvalue weighted by molar-refractivity contribution is 5.92. The molecule has 4 nitrogen and oxygen atoms in total. The third-order valence-electron chi connectivity index (χ3n) is 3.75. The summed E-state index contributed by atoms with van der Waals surface area (Å²) in [5.41, 5.74) is 1.81. The zero-order chi connectivity index (χ0) is 16.2. The van der Waals surface area contributed by atoms with Crippen LogP contribution in [0.1, 0.15) is 31.7 Å². The van der Waals surface area contributed by atoms with Gasteiger partial charge in [0.2, 0.25) is 5.91 Å². The van der Waals surface area contributed by atoms with Crippen molar-refractivity contribution in [2.75, 3.05) is 11.9 Å². The second-order valence-corrected chi connectivity index (χ2v) is 5.96. The summed E-state index contributed by atoms with van der Waals surface area (Å²) in [6.07, 6.45) is 0.454. The Hall–Kier alpha value is -2.49. The van der Waals surface area contributed by atoms with Crippen LogP contribution in [0.3, 0.4) is 0 Å². The Morgan fingerprint density at radius 1 is 1.22 bits per heavy atom. The van der Waals surface area contributed by atoms with Gasteiger partial charge in [0.1, 0.15) is 11.5 Å². The lowest BCUT2D eigenvalue weighted by Crippen LogP contribution is -2.17. The third kappa shape index (κ3) is 3.65. The second kappa shape index (κ2) is 6.73. The van der Waals surface area contributed by atoms with Gasteiger partial charge >= 0.3 is 0 Å². The molecule has 1 unspecified atom stereocenters. The lowest BCUT2D eigenvalue weighted by Gasteiger charge is -2.15. The normalized spacial score (nSPS) is 15.9. The van der Waals surface area contributed by atoms with Crippen molar-refractivity contribution in [3.05, 3.63) is 54.1 Å². The summed E-state index contributed by atoms with van der Waals surface area (Å²) in [6, 6.07) is 15.4. The molecule has 1 aliphatic rings. The number of ether oxygens (including phenoxy) is 2. The van der Waals surface area contributed by atoms with Crippen LogP contribution in [0, 0.1) is 0 Å². The molecule has 1 heterocycles. The lowest BCUT2D eigenvalue weighted by molar-refractivity contribution is -0.116. The molecule has 1 N–H and O–H groups in total. The van der Waals surface area contributed by atoms with E-state index in [-0.39, 0.29) is 17.9 Å². The predicted molar refractivity (Wildman–Crippen MR) is 90.1 cm³/mol. The largest absolute Gasteiger partial charge is 0.493 e. The predicted octanol–water partition coefficient (Wildman–Crippen LogP) is 3.98. The van der Waals surface area contributed by atoms with E-state index in [0.29, 0.717) is 24.5 Å². The number of benzene rings is 2. The number of rotatable bonds is 5. The standard InChI is InChI=1S/C19H21NO3/c1-13(2)23-18-10-6-4-8-16(18)20-19(21)11-14-12-22-17-9-5-3-7-15(14)17/h3-10,13-14H,11-12H2,1-2H3,(H,20,21). The highest BCUT2D eigenvalue weighted by Crippen LogP contribution is 2.36. The van der Waals surface area contributed by atoms with Crippen molar-refractivity contribution in [2.45, 2.75) is 32.3 Å². The van der Waals surface area contributed by atoms with E-state index in [1.165, 1.54) is 0 Å². The van der Waals surface area contributed by atoms with Crippen LogP contribution in [0.25, 0.3) is 0 Å². The Balaban J connectivity index is 1.67. The van der Waals surface area contributed by atoms with Gasteiger partial charge in [-0.05, 0) is 32.0 Å². The van der Waals surface area contributed by atoms with Crippen LogP contribution in [-0.2, 0) is 4.79 Å². The first-order valence-corrected chi connectivity index (χ1v) is 7.90. The molecule has 120 valence electrons. The molecule has 1 amide bonds. The van der Waals surface area contributed by atoms with Gasteiger partial charge in [0.05, 0.1) is 18.4 Å². The molecule has 0 spiro atoms. The van der Waals surface area contributed by atoms with Crippen molar-refractivity contribution in [1.29, 1.82) is 0 Å². The van der Waals surface area contributed by atoms with Crippen LogP contribution in [0.5, 0.6) is 11.5 Å². The molecule has 0 radical (unpaired) electrons. The minimum absolute atomic E-state index is 0.0323. The Morgan fingerprint density at radius 2 is 1.96 bits per heavy atom. The Morgan fingerprint density at radius 3 is 2.78 bits per heavy atom. The molecule has 23 heavy (non-hydrogen) atoms. The van der Waals surface area contributed by atoms with E-state index in [4.69, 9.17) is 9.47 Å². The monoisotopic (exact) mass is 311 g/mol. The van der Waals surface area contributed by atoms with Crippen LogP contribution in [0.15, 0.2) is 48.5 Å². The molecular weight excluding hydrogens is 290 g/mol. The van der Waals surface area contributed by atoms with Crippen LogP contribution >= 0.6 is 0 Å². The highest BCUT2D eigenvalue weighted by Gasteiger charge is 2.26. The summed E-state index contributed by atoms with van der Waals surface area (Å²) in [7, 11) is 0. The van der Waals surface area contributed by atoms with E-state index in [2.05, 4.69) is 5.32 Å². The minimum atomic E-state index is -0.0323. The van der Waals surface area contributed by atoms with Gasteiger partial charge in [0.25, 0.3) is 0 Å². The quantitative estimate of drug-likeness (QED) is 0.908. The molecule has 4 heteroatoms. The molecule has 1 atom stereocenters. The Kier molecular flexibility index (Phi) is 4.51. The molecule has 0 bridgehead atoms. The summed E-state index contributed by atoms with van der Waals surface area (Å²) in [4.78, 5) is 12.4. The van der Waals surface area contributed by atoms with E-state index >= 15 is 0 Å². The lowest BCUT2D eigenvalue weighted by atomic mass is 9.97. The number of para-hydroxylation sites is 3. The van der Waals surface area contributed by atoms with Crippen LogP contribution in [-0.4, -0.2) is 18.6 Å². The number of carbonyl (C=O) groups excluding carboxylic acids is 1. The maximum atomic E-state index is 12.4. The number of nitrogens with one attached hydrogen (secondary N) is 1. The van der Waals surface area contributed by atoms with Crippen molar-refractivity contribution in [1.82, 2.24) is 0 Å². The molecule has 3 rings (SSSR count). The van der Waals surface area contributed by atoms with Crippen LogP contribution in [0.4, 0.5) is 5.69 Å². The van der Waals surface area contributed by atoms with Gasteiger partial charge in [-0.1, -0.05) is 30.3 Å². The van der Waals surface area contributed by atoms with E-state index < -0.39 is 0 Å². The van der Waals surface area contributed by atoms with Crippen molar-refractivity contribution in [2.24, 2.45) is 0 Å². The number of hydrogen-bond acceptors (Lipinski definition) is 3. The maximum absolute atomic E-state index is 12.4. The molecular formula is C19H21NO3. The summed E-state index contributed by atoms with van der Waals surface area (Å²) in [6.45, 7) is 4.48. The fourth-order valence-corrected chi connectivity index (χ4v) is 2.75. The fourth-order valence-electron chi connectivity index (χ4n) is 2.75. The minimum Gasteiger partial charge on any atom is -0.493 e. The van der Waals surface area contributed by atoms with Gasteiger partial charge in [-0.2, -0.15) is 0 Å². The number of fused-ring (bicyclic) bond motifs is 1. The average Bonchev–Trinajstić information content (AvgIpc) is 2.92. The first-order chi connectivity index (χ1) is 11.1. The van der Waals surface area contributed by atoms with Crippen molar-refractivity contribution in [3.63, 3.8) is 0 Å². The van der Waals surface area contributed by atoms with Gasteiger partial charge in [-0.3, -0.25) is 4.79 Å². The fraction of sp³-hybridized carbons (Fsp3) is 0.316. The molecule has 0 aliphatic carbocycles.